The number of piperazine rings is 1. The van der Waals surface area contributed by atoms with E-state index in [1.807, 2.05) is 12.1 Å². The minimum atomic E-state index is 0.276. The van der Waals surface area contributed by atoms with Gasteiger partial charge in [0.1, 0.15) is 5.75 Å². The molecule has 3 rings (SSSR count). The Hall–Kier alpha value is -0.910. The molecule has 1 aromatic carbocycles. The van der Waals surface area contributed by atoms with Crippen LogP contribution in [0.5, 0.6) is 5.75 Å². The van der Waals surface area contributed by atoms with Gasteiger partial charge in [-0.1, -0.05) is 32.9 Å². The molecule has 28 heavy (non-hydrogen) atoms. The number of hydrogen-bond donors (Lipinski definition) is 1. The number of thiol groups is 1. The van der Waals surface area contributed by atoms with Crippen LogP contribution < -0.4 is 9.64 Å². The first kappa shape index (κ1) is 21.8. The number of nitrogens with zero attached hydrogens (tertiary/aromatic N) is 2. The molecule has 2 aliphatic rings. The number of anilines is 1. The Labute approximate surface area is 177 Å². The lowest BCUT2D eigenvalue weighted by Gasteiger charge is -2.39. The highest BCUT2D eigenvalue weighted by molar-refractivity contribution is 7.81. The third kappa shape index (κ3) is 6.04. The van der Waals surface area contributed by atoms with Crippen LogP contribution in [-0.2, 0) is 4.74 Å². The molecule has 0 unspecified atom stereocenters. The summed E-state index contributed by atoms with van der Waals surface area (Å²) in [6, 6.07) is 8.30. The molecule has 4 nitrogen and oxygen atoms in total. The van der Waals surface area contributed by atoms with E-state index in [0.29, 0.717) is 11.5 Å². The lowest BCUT2D eigenvalue weighted by Crippen LogP contribution is -2.48. The van der Waals surface area contributed by atoms with E-state index < -0.39 is 0 Å². The molecule has 5 heteroatoms. The number of hydrogen-bond acceptors (Lipinski definition) is 5. The van der Waals surface area contributed by atoms with Crippen molar-refractivity contribution >= 4 is 18.3 Å². The molecule has 158 valence electrons. The maximum Gasteiger partial charge on any atom is 0.142 e. The molecule has 2 fully saturated rings. The Morgan fingerprint density at radius 2 is 1.86 bits per heavy atom. The van der Waals surface area contributed by atoms with E-state index in [1.165, 1.54) is 24.9 Å². The van der Waals surface area contributed by atoms with E-state index in [0.717, 1.165) is 51.0 Å². The Balaban J connectivity index is 1.41. The van der Waals surface area contributed by atoms with Gasteiger partial charge in [-0.15, -0.1) is 0 Å². The van der Waals surface area contributed by atoms with Gasteiger partial charge in [-0.3, -0.25) is 4.90 Å². The van der Waals surface area contributed by atoms with Crippen LogP contribution in [0.3, 0.4) is 0 Å². The van der Waals surface area contributed by atoms with Crippen LogP contribution in [0.4, 0.5) is 5.69 Å². The molecule has 1 heterocycles. The van der Waals surface area contributed by atoms with Crippen LogP contribution in [0, 0.1) is 11.3 Å². The van der Waals surface area contributed by atoms with Gasteiger partial charge >= 0.3 is 0 Å². The quantitative estimate of drug-likeness (QED) is 0.681. The second kappa shape index (κ2) is 9.73. The van der Waals surface area contributed by atoms with Crippen molar-refractivity contribution in [2.75, 3.05) is 51.3 Å². The van der Waals surface area contributed by atoms with Gasteiger partial charge in [0, 0.05) is 38.0 Å². The summed E-state index contributed by atoms with van der Waals surface area (Å²) in [6.45, 7) is 13.0. The summed E-state index contributed by atoms with van der Waals surface area (Å²) in [6.07, 6.45) is 4.08. The highest BCUT2D eigenvalue weighted by Gasteiger charge is 2.32. The lowest BCUT2D eigenvalue weighted by molar-refractivity contribution is -0.0237. The number of benzene rings is 1. The topological polar surface area (TPSA) is 24.9 Å². The monoisotopic (exact) mass is 406 g/mol. The number of para-hydroxylation sites is 2. The first-order valence-corrected chi connectivity index (χ1v) is 11.3. The molecule has 1 saturated heterocycles. The molecule has 1 aliphatic carbocycles. The SMILES string of the molecule is COc1ccccc1N1CCN(C[C@H](S)CO[C@@H]2C[C@H](C)CC(C)(C)C2)CC1. The van der Waals surface area contributed by atoms with Gasteiger partial charge in [-0.2, -0.15) is 12.6 Å². The van der Waals surface area contributed by atoms with E-state index in [1.54, 1.807) is 7.11 Å². The molecular formula is C23H38N2O2S. The normalized spacial score (nSPS) is 26.8. The average molecular weight is 407 g/mol. The highest BCUT2D eigenvalue weighted by Crippen LogP contribution is 2.39. The maximum absolute atomic E-state index is 6.28. The molecule has 1 aromatic rings. The predicted molar refractivity (Wildman–Crippen MR) is 121 cm³/mol. The summed E-state index contributed by atoms with van der Waals surface area (Å²) in [5, 5.41) is 0.276. The summed E-state index contributed by atoms with van der Waals surface area (Å²) in [5.74, 6) is 1.72. The van der Waals surface area contributed by atoms with Gasteiger partial charge in [0.15, 0.2) is 0 Å². The smallest absolute Gasteiger partial charge is 0.142 e. The Bertz CT molecular complexity index is 616. The minimum absolute atomic E-state index is 0.276. The minimum Gasteiger partial charge on any atom is -0.495 e. The number of ether oxygens (including phenoxy) is 2. The molecule has 3 atom stereocenters. The van der Waals surface area contributed by atoms with Crippen molar-refractivity contribution < 1.29 is 9.47 Å². The van der Waals surface area contributed by atoms with Gasteiger partial charge in [-0.05, 0) is 42.7 Å². The van der Waals surface area contributed by atoms with Gasteiger partial charge in [0.05, 0.1) is 25.5 Å². The zero-order chi connectivity index (χ0) is 20.1. The summed E-state index contributed by atoms with van der Waals surface area (Å²) in [7, 11) is 1.74. The van der Waals surface area contributed by atoms with Crippen molar-refractivity contribution in [1.29, 1.82) is 0 Å². The van der Waals surface area contributed by atoms with Crippen molar-refractivity contribution in [2.45, 2.75) is 51.4 Å². The fourth-order valence-electron chi connectivity index (χ4n) is 5.05. The Morgan fingerprint density at radius 1 is 1.14 bits per heavy atom. The number of methoxy groups -OCH3 is 1. The molecule has 0 radical (unpaired) electrons. The second-order valence-corrected chi connectivity index (χ2v) is 10.2. The van der Waals surface area contributed by atoms with Crippen LogP contribution in [-0.4, -0.2) is 62.7 Å². The third-order valence-electron chi connectivity index (χ3n) is 6.14. The molecule has 0 aromatic heterocycles. The molecule has 0 spiro atoms. The highest BCUT2D eigenvalue weighted by atomic mass is 32.1. The van der Waals surface area contributed by atoms with Gasteiger partial charge in [0.2, 0.25) is 0 Å². The standard InChI is InChI=1S/C23H38N2O2S/c1-18-13-19(15-23(2,3)14-18)27-17-20(28)16-24-9-11-25(12-10-24)21-7-5-6-8-22(21)26-4/h5-8,18-20,28H,9-17H2,1-4H3/t18-,19+,20-/m0/s1. The Morgan fingerprint density at radius 3 is 2.54 bits per heavy atom. The molecule has 0 bridgehead atoms. The molecule has 1 saturated carbocycles. The van der Waals surface area contributed by atoms with Crippen molar-refractivity contribution in [3.05, 3.63) is 24.3 Å². The summed E-state index contributed by atoms with van der Waals surface area (Å²) < 4.78 is 11.8. The molecule has 1 aliphatic heterocycles. The van der Waals surface area contributed by atoms with Crippen LogP contribution in [0.1, 0.15) is 40.0 Å². The summed E-state index contributed by atoms with van der Waals surface area (Å²) in [5.41, 5.74) is 1.60. The predicted octanol–water partition coefficient (Wildman–Crippen LogP) is 4.35. The van der Waals surface area contributed by atoms with Gasteiger partial charge < -0.3 is 14.4 Å². The van der Waals surface area contributed by atoms with E-state index in [-0.39, 0.29) is 5.25 Å². The van der Waals surface area contributed by atoms with E-state index in [4.69, 9.17) is 22.1 Å². The summed E-state index contributed by atoms with van der Waals surface area (Å²) in [4.78, 5) is 4.94. The first-order valence-electron chi connectivity index (χ1n) is 10.8. The fraction of sp³-hybridized carbons (Fsp3) is 0.739. The van der Waals surface area contributed by atoms with E-state index >= 15 is 0 Å². The third-order valence-corrected chi connectivity index (χ3v) is 6.45. The van der Waals surface area contributed by atoms with E-state index in [9.17, 15) is 0 Å². The fourth-order valence-corrected chi connectivity index (χ4v) is 5.36. The zero-order valence-electron chi connectivity index (χ0n) is 18.1. The first-order chi connectivity index (χ1) is 13.4. The lowest BCUT2D eigenvalue weighted by atomic mass is 9.71. The second-order valence-electron chi connectivity index (χ2n) is 9.48. The van der Waals surface area contributed by atoms with Crippen LogP contribution in [0.25, 0.3) is 0 Å². The van der Waals surface area contributed by atoms with Crippen molar-refractivity contribution in [2.24, 2.45) is 11.3 Å². The average Bonchev–Trinajstić information content (AvgIpc) is 2.65. The molecule has 0 N–H and O–H groups in total. The van der Waals surface area contributed by atoms with Crippen LogP contribution in [0.2, 0.25) is 0 Å². The van der Waals surface area contributed by atoms with Crippen molar-refractivity contribution in [3.8, 4) is 5.75 Å². The summed E-state index contributed by atoms with van der Waals surface area (Å²) >= 11 is 4.83. The Kier molecular flexibility index (Phi) is 7.57. The largest absolute Gasteiger partial charge is 0.495 e. The zero-order valence-corrected chi connectivity index (χ0v) is 19.0. The van der Waals surface area contributed by atoms with E-state index in [2.05, 4.69) is 42.7 Å². The van der Waals surface area contributed by atoms with Gasteiger partial charge in [0.25, 0.3) is 0 Å². The van der Waals surface area contributed by atoms with Crippen LogP contribution >= 0.6 is 12.6 Å². The molecular weight excluding hydrogens is 368 g/mol. The molecule has 0 amide bonds. The maximum atomic E-state index is 6.28. The van der Waals surface area contributed by atoms with Gasteiger partial charge in [-0.25, -0.2) is 0 Å². The van der Waals surface area contributed by atoms with Crippen molar-refractivity contribution in [3.63, 3.8) is 0 Å². The number of rotatable bonds is 7. The van der Waals surface area contributed by atoms with Crippen molar-refractivity contribution in [1.82, 2.24) is 4.90 Å². The van der Waals surface area contributed by atoms with Crippen LogP contribution in [0.15, 0.2) is 24.3 Å².